The van der Waals surface area contributed by atoms with Crippen molar-refractivity contribution in [3.05, 3.63) is 35.7 Å². The number of halogens is 1. The molecule has 118 valence electrons. The van der Waals surface area contributed by atoms with E-state index >= 15 is 0 Å². The third-order valence-corrected chi connectivity index (χ3v) is 4.69. The van der Waals surface area contributed by atoms with E-state index in [0.29, 0.717) is 5.02 Å². The van der Waals surface area contributed by atoms with Crippen LogP contribution in [0.15, 0.2) is 30.7 Å². The average molecular weight is 328 g/mol. The predicted octanol–water partition coefficient (Wildman–Crippen LogP) is 3.91. The first-order valence-electron chi connectivity index (χ1n) is 7.92. The van der Waals surface area contributed by atoms with Gasteiger partial charge in [-0.2, -0.15) is 0 Å². The summed E-state index contributed by atoms with van der Waals surface area (Å²) in [6, 6.07) is 3.85. The number of nitrogens with one attached hydrogen (secondary N) is 1. The van der Waals surface area contributed by atoms with Gasteiger partial charge in [0.05, 0.1) is 10.7 Å². The summed E-state index contributed by atoms with van der Waals surface area (Å²) in [5, 5.41) is 1.60. The van der Waals surface area contributed by atoms with Crippen LogP contribution in [-0.2, 0) is 0 Å². The topological polar surface area (TPSA) is 57.7 Å². The maximum Gasteiger partial charge on any atom is 0.225 e. The number of pyridine rings is 1. The van der Waals surface area contributed by atoms with E-state index in [9.17, 15) is 0 Å². The summed E-state index contributed by atoms with van der Waals surface area (Å²) in [7, 11) is 0. The van der Waals surface area contributed by atoms with E-state index in [1.807, 2.05) is 24.5 Å². The van der Waals surface area contributed by atoms with Gasteiger partial charge in [0.25, 0.3) is 0 Å². The summed E-state index contributed by atoms with van der Waals surface area (Å²) in [5.41, 5.74) is 2.71. The van der Waals surface area contributed by atoms with Crippen molar-refractivity contribution in [2.24, 2.45) is 5.92 Å². The molecule has 1 aliphatic heterocycles. The fourth-order valence-corrected chi connectivity index (χ4v) is 3.21. The second-order valence-electron chi connectivity index (χ2n) is 6.16. The molecule has 0 saturated carbocycles. The molecule has 5 nitrogen and oxygen atoms in total. The Morgan fingerprint density at radius 1 is 1.26 bits per heavy atom. The van der Waals surface area contributed by atoms with Crippen molar-refractivity contribution in [2.45, 2.75) is 19.8 Å². The maximum absolute atomic E-state index is 6.08. The lowest BCUT2D eigenvalue weighted by Crippen LogP contribution is -2.34. The minimum atomic E-state index is 0.623. The molecular formula is C17H18ClN5. The number of nitrogens with zero attached hydrogens (tertiary/aromatic N) is 4. The molecule has 0 atom stereocenters. The fraction of sp³-hybridized carbons (Fsp3) is 0.353. The number of hydrogen-bond donors (Lipinski definition) is 1. The molecule has 1 fully saturated rings. The molecule has 0 radical (unpaired) electrons. The van der Waals surface area contributed by atoms with Gasteiger partial charge >= 0.3 is 0 Å². The zero-order chi connectivity index (χ0) is 15.8. The molecule has 4 rings (SSSR count). The number of fused-ring (bicyclic) bond motifs is 1. The molecule has 23 heavy (non-hydrogen) atoms. The van der Waals surface area contributed by atoms with E-state index in [4.69, 9.17) is 16.6 Å². The van der Waals surface area contributed by atoms with Gasteiger partial charge in [0.1, 0.15) is 5.65 Å². The van der Waals surface area contributed by atoms with Crippen molar-refractivity contribution >= 4 is 28.6 Å². The van der Waals surface area contributed by atoms with E-state index in [-0.39, 0.29) is 0 Å². The first-order valence-corrected chi connectivity index (χ1v) is 8.29. The highest BCUT2D eigenvalue weighted by atomic mass is 35.5. The quantitative estimate of drug-likeness (QED) is 0.775. The smallest absolute Gasteiger partial charge is 0.225 e. The SMILES string of the molecule is CC1CCN(c2nccc(-c3c[nH]c4ncc(Cl)cc34)n2)CC1. The number of H-pyrrole nitrogens is 1. The number of rotatable bonds is 2. The summed E-state index contributed by atoms with van der Waals surface area (Å²) in [6.45, 7) is 4.34. The Balaban J connectivity index is 1.71. The van der Waals surface area contributed by atoms with Crippen molar-refractivity contribution in [3.8, 4) is 11.3 Å². The maximum atomic E-state index is 6.08. The van der Waals surface area contributed by atoms with Gasteiger partial charge in [-0.25, -0.2) is 15.0 Å². The van der Waals surface area contributed by atoms with Crippen LogP contribution in [0.4, 0.5) is 5.95 Å². The van der Waals surface area contributed by atoms with Crippen molar-refractivity contribution in [3.63, 3.8) is 0 Å². The molecule has 0 amide bonds. The standard InChI is InChI=1S/C17H18ClN5/c1-11-3-6-23(7-4-11)17-19-5-2-15(22-17)14-10-21-16-13(14)8-12(18)9-20-16/h2,5,8-11H,3-4,6-7H2,1H3,(H,20,21). The van der Waals surface area contributed by atoms with Gasteiger partial charge in [-0.1, -0.05) is 18.5 Å². The largest absolute Gasteiger partial charge is 0.345 e. The van der Waals surface area contributed by atoms with Gasteiger partial charge in [-0.15, -0.1) is 0 Å². The second kappa shape index (κ2) is 5.81. The Morgan fingerprint density at radius 2 is 2.09 bits per heavy atom. The lowest BCUT2D eigenvalue weighted by Gasteiger charge is -2.30. The van der Waals surface area contributed by atoms with Gasteiger partial charge < -0.3 is 9.88 Å². The van der Waals surface area contributed by atoms with Crippen LogP contribution in [0.2, 0.25) is 5.02 Å². The zero-order valence-electron chi connectivity index (χ0n) is 13.0. The Labute approximate surface area is 139 Å². The average Bonchev–Trinajstić information content (AvgIpc) is 2.98. The Kier molecular flexibility index (Phi) is 3.65. The number of aromatic nitrogens is 4. The molecule has 1 aliphatic rings. The summed E-state index contributed by atoms with van der Waals surface area (Å²) >= 11 is 6.08. The number of anilines is 1. The second-order valence-corrected chi connectivity index (χ2v) is 6.60. The lowest BCUT2D eigenvalue weighted by molar-refractivity contribution is 0.434. The van der Waals surface area contributed by atoms with Crippen LogP contribution in [0.5, 0.6) is 0 Å². The van der Waals surface area contributed by atoms with Crippen LogP contribution in [0, 0.1) is 5.92 Å². The Bertz CT molecular complexity index is 836. The summed E-state index contributed by atoms with van der Waals surface area (Å²) in [5.74, 6) is 1.59. The minimum Gasteiger partial charge on any atom is -0.345 e. The highest BCUT2D eigenvalue weighted by Crippen LogP contribution is 2.29. The Hall–Kier alpha value is -2.14. The molecule has 4 heterocycles. The highest BCUT2D eigenvalue weighted by molar-refractivity contribution is 6.31. The summed E-state index contributed by atoms with van der Waals surface area (Å²) < 4.78 is 0. The number of hydrogen-bond acceptors (Lipinski definition) is 4. The van der Waals surface area contributed by atoms with Gasteiger partial charge in [0.15, 0.2) is 0 Å². The molecule has 0 aromatic carbocycles. The lowest BCUT2D eigenvalue weighted by atomic mass is 10.00. The van der Waals surface area contributed by atoms with Crippen molar-refractivity contribution in [1.82, 2.24) is 19.9 Å². The zero-order valence-corrected chi connectivity index (χ0v) is 13.7. The van der Waals surface area contributed by atoms with Crippen LogP contribution in [-0.4, -0.2) is 33.0 Å². The molecule has 0 aliphatic carbocycles. The molecule has 3 aromatic heterocycles. The normalized spacial score (nSPS) is 16.2. The Morgan fingerprint density at radius 3 is 2.91 bits per heavy atom. The van der Waals surface area contributed by atoms with Crippen LogP contribution in [0.3, 0.4) is 0 Å². The van der Waals surface area contributed by atoms with E-state index in [1.165, 1.54) is 12.8 Å². The van der Waals surface area contributed by atoms with E-state index in [0.717, 1.165) is 47.2 Å². The van der Waals surface area contributed by atoms with Gasteiger partial charge in [-0.05, 0) is 30.9 Å². The molecule has 0 spiro atoms. The monoisotopic (exact) mass is 327 g/mol. The molecule has 3 aromatic rings. The van der Waals surface area contributed by atoms with E-state index in [1.54, 1.807) is 6.20 Å². The first-order chi connectivity index (χ1) is 11.2. The van der Waals surface area contributed by atoms with Crippen molar-refractivity contribution in [2.75, 3.05) is 18.0 Å². The first kappa shape index (κ1) is 14.5. The molecule has 6 heteroatoms. The van der Waals surface area contributed by atoms with Crippen LogP contribution >= 0.6 is 11.6 Å². The van der Waals surface area contributed by atoms with Gasteiger partial charge in [-0.3, -0.25) is 0 Å². The summed E-state index contributed by atoms with van der Waals surface area (Å²) in [4.78, 5) is 19.0. The third kappa shape index (κ3) is 2.77. The van der Waals surface area contributed by atoms with E-state index < -0.39 is 0 Å². The van der Waals surface area contributed by atoms with E-state index in [2.05, 4.69) is 26.8 Å². The molecule has 0 unspecified atom stereocenters. The molecular weight excluding hydrogens is 310 g/mol. The number of aromatic amines is 1. The van der Waals surface area contributed by atoms with Crippen LogP contribution < -0.4 is 4.90 Å². The van der Waals surface area contributed by atoms with Crippen molar-refractivity contribution < 1.29 is 0 Å². The minimum absolute atomic E-state index is 0.623. The fourth-order valence-electron chi connectivity index (χ4n) is 3.05. The highest BCUT2D eigenvalue weighted by Gasteiger charge is 2.19. The van der Waals surface area contributed by atoms with Crippen LogP contribution in [0.25, 0.3) is 22.3 Å². The van der Waals surface area contributed by atoms with Crippen molar-refractivity contribution in [1.29, 1.82) is 0 Å². The summed E-state index contributed by atoms with van der Waals surface area (Å²) in [6.07, 6.45) is 7.79. The number of piperidine rings is 1. The predicted molar refractivity (Wildman–Crippen MR) is 92.7 cm³/mol. The molecule has 1 N–H and O–H groups in total. The molecule has 0 bridgehead atoms. The molecule has 1 saturated heterocycles. The third-order valence-electron chi connectivity index (χ3n) is 4.48. The van der Waals surface area contributed by atoms with Gasteiger partial charge in [0, 0.05) is 42.6 Å². The van der Waals surface area contributed by atoms with Crippen LogP contribution in [0.1, 0.15) is 19.8 Å². The van der Waals surface area contributed by atoms with Gasteiger partial charge in [0.2, 0.25) is 5.95 Å².